The Morgan fingerprint density at radius 2 is 1.97 bits per heavy atom. The third-order valence-corrected chi connectivity index (χ3v) is 8.05. The van der Waals surface area contributed by atoms with E-state index in [9.17, 15) is 14.0 Å². The van der Waals surface area contributed by atoms with E-state index in [4.69, 9.17) is 25.9 Å². The van der Waals surface area contributed by atoms with Gasteiger partial charge in [-0.25, -0.2) is 4.98 Å². The van der Waals surface area contributed by atoms with Crippen LogP contribution in [0.3, 0.4) is 0 Å². The van der Waals surface area contributed by atoms with Crippen LogP contribution in [0.25, 0.3) is 11.2 Å². The normalized spacial score (nSPS) is 13.9. The average Bonchev–Trinajstić information content (AvgIpc) is 3.10. The number of anilines is 3. The first-order valence-electron chi connectivity index (χ1n) is 9.95. The molecule has 1 aromatic carbocycles. The summed E-state index contributed by atoms with van der Waals surface area (Å²) in [5.74, 6) is -0.441. The molecule has 1 unspecified atom stereocenters. The number of imidazole rings is 1. The van der Waals surface area contributed by atoms with E-state index in [2.05, 4.69) is 25.6 Å². The molecule has 5 N–H and O–H groups in total. The first-order valence-corrected chi connectivity index (χ1v) is 13.9. The van der Waals surface area contributed by atoms with Gasteiger partial charge in [-0.05, 0) is 38.5 Å². The molecule has 33 heavy (non-hydrogen) atoms. The van der Waals surface area contributed by atoms with Crippen LogP contribution in [0.1, 0.15) is 26.3 Å². The van der Waals surface area contributed by atoms with Crippen LogP contribution in [-0.4, -0.2) is 53.3 Å². The first kappa shape index (κ1) is 25.6. The monoisotopic (exact) mass is 518 g/mol. The maximum absolute atomic E-state index is 11.7. The molecule has 3 rings (SSSR count). The Hall–Kier alpha value is -2.04. The second kappa shape index (κ2) is 10.5. The number of aromatic nitrogens is 4. The SMILES string of the molecule is CC(C)n1cnc2c(Nc3cccc(Cl)c3)nc(NCCCOP(=O)(O)CP(=O)(O)O)nc21. The van der Waals surface area contributed by atoms with E-state index < -0.39 is 21.1 Å². The molecule has 0 aliphatic heterocycles. The van der Waals surface area contributed by atoms with Gasteiger partial charge in [0, 0.05) is 23.3 Å². The second-order valence-electron chi connectivity index (χ2n) is 7.51. The van der Waals surface area contributed by atoms with Crippen LogP contribution >= 0.6 is 26.8 Å². The molecule has 1 atom stereocenters. The minimum Gasteiger partial charge on any atom is -0.354 e. The molecular weight excluding hydrogens is 494 g/mol. The van der Waals surface area contributed by atoms with Crippen LogP contribution in [0, 0.1) is 0 Å². The zero-order valence-corrected chi connectivity index (χ0v) is 20.5. The Morgan fingerprint density at radius 3 is 2.64 bits per heavy atom. The van der Waals surface area contributed by atoms with Crippen molar-refractivity contribution in [3.63, 3.8) is 0 Å². The molecule has 180 valence electrons. The van der Waals surface area contributed by atoms with Gasteiger partial charge in [0.1, 0.15) is 0 Å². The molecule has 2 heterocycles. The number of rotatable bonds is 11. The lowest BCUT2D eigenvalue weighted by Crippen LogP contribution is -2.10. The van der Waals surface area contributed by atoms with Crippen molar-refractivity contribution in [3.05, 3.63) is 35.6 Å². The Balaban J connectivity index is 1.72. The van der Waals surface area contributed by atoms with Gasteiger partial charge in [0.25, 0.3) is 0 Å². The highest BCUT2D eigenvalue weighted by Gasteiger charge is 2.30. The number of benzene rings is 1. The molecule has 0 bridgehead atoms. The molecule has 0 aliphatic carbocycles. The van der Waals surface area contributed by atoms with Crippen molar-refractivity contribution in [2.24, 2.45) is 0 Å². The summed E-state index contributed by atoms with van der Waals surface area (Å²) in [4.78, 5) is 40.6. The van der Waals surface area contributed by atoms with E-state index in [-0.39, 0.29) is 25.6 Å². The van der Waals surface area contributed by atoms with Crippen molar-refractivity contribution in [1.82, 2.24) is 19.5 Å². The van der Waals surface area contributed by atoms with E-state index in [1.165, 1.54) is 0 Å². The molecule has 12 nitrogen and oxygen atoms in total. The fourth-order valence-corrected chi connectivity index (χ4v) is 5.71. The third kappa shape index (κ3) is 7.48. The van der Waals surface area contributed by atoms with Crippen molar-refractivity contribution in [2.75, 3.05) is 29.7 Å². The van der Waals surface area contributed by atoms with Crippen LogP contribution < -0.4 is 10.6 Å². The quantitative estimate of drug-likeness (QED) is 0.184. The minimum absolute atomic E-state index is 0.109. The van der Waals surface area contributed by atoms with E-state index in [1.807, 2.05) is 24.5 Å². The third-order valence-electron chi connectivity index (χ3n) is 4.33. The lowest BCUT2D eigenvalue weighted by molar-refractivity contribution is 0.259. The van der Waals surface area contributed by atoms with Gasteiger partial charge >= 0.3 is 15.2 Å². The van der Waals surface area contributed by atoms with Crippen molar-refractivity contribution >= 4 is 55.4 Å². The van der Waals surface area contributed by atoms with Gasteiger partial charge in [-0.1, -0.05) is 17.7 Å². The van der Waals surface area contributed by atoms with Gasteiger partial charge in [0.05, 0.1) is 12.9 Å². The molecular formula is C18H25ClN6O6P2. The highest BCUT2D eigenvalue weighted by molar-refractivity contribution is 7.70. The summed E-state index contributed by atoms with van der Waals surface area (Å²) in [6, 6.07) is 7.27. The molecule has 0 fully saturated rings. The lowest BCUT2D eigenvalue weighted by atomic mass is 10.3. The number of hydrogen-bond acceptors (Lipinski definition) is 8. The van der Waals surface area contributed by atoms with Crippen LogP contribution in [0.5, 0.6) is 0 Å². The number of halogens is 1. The van der Waals surface area contributed by atoms with Crippen molar-refractivity contribution in [2.45, 2.75) is 26.3 Å². The van der Waals surface area contributed by atoms with Gasteiger partial charge in [0.2, 0.25) is 5.95 Å². The molecule has 15 heteroatoms. The molecule has 2 aromatic heterocycles. The molecule has 0 amide bonds. The molecule has 0 spiro atoms. The summed E-state index contributed by atoms with van der Waals surface area (Å²) in [5.41, 5.74) is 1.92. The Bertz CT molecular complexity index is 1220. The predicted molar refractivity (Wildman–Crippen MR) is 126 cm³/mol. The minimum atomic E-state index is -4.66. The standard InChI is InChI=1S/C18H25ClN6O6P2/c1-12(2)25-10-21-15-16(22-14-6-3-5-13(19)9-14)23-18(24-17(15)25)20-7-4-8-31-33(29,30)11-32(26,27)28/h3,5-6,9-10,12H,4,7-8,11H2,1-2H3,(H,29,30)(H2,26,27,28)(H2,20,22,23,24). The molecule has 0 saturated heterocycles. The van der Waals surface area contributed by atoms with Gasteiger partial charge < -0.3 is 34.4 Å². The highest BCUT2D eigenvalue weighted by atomic mass is 35.5. The summed E-state index contributed by atoms with van der Waals surface area (Å²) in [7, 11) is -9.03. The molecule has 0 saturated carbocycles. The van der Waals surface area contributed by atoms with Gasteiger partial charge in [0.15, 0.2) is 22.9 Å². The molecule has 3 aromatic rings. The Kier molecular flexibility index (Phi) is 8.13. The first-order chi connectivity index (χ1) is 15.4. The Morgan fingerprint density at radius 1 is 1.21 bits per heavy atom. The summed E-state index contributed by atoms with van der Waals surface area (Å²) in [6.45, 7) is 4.11. The number of hydrogen-bond donors (Lipinski definition) is 5. The van der Waals surface area contributed by atoms with Gasteiger partial charge in [-0.15, -0.1) is 0 Å². The van der Waals surface area contributed by atoms with E-state index in [1.54, 1.807) is 24.5 Å². The summed E-state index contributed by atoms with van der Waals surface area (Å²) >= 11 is 6.07. The fraction of sp³-hybridized carbons (Fsp3) is 0.389. The van der Waals surface area contributed by atoms with Crippen molar-refractivity contribution in [1.29, 1.82) is 0 Å². The predicted octanol–water partition coefficient (Wildman–Crippen LogP) is 3.94. The van der Waals surface area contributed by atoms with E-state index in [0.29, 0.717) is 28.0 Å². The van der Waals surface area contributed by atoms with Crippen molar-refractivity contribution < 1.29 is 28.3 Å². The topological polar surface area (TPSA) is 172 Å². The van der Waals surface area contributed by atoms with E-state index in [0.717, 1.165) is 5.69 Å². The zero-order valence-electron chi connectivity index (χ0n) is 17.9. The number of nitrogens with one attached hydrogen (secondary N) is 2. The largest absolute Gasteiger partial charge is 0.354 e. The van der Waals surface area contributed by atoms with Gasteiger partial charge in [-0.3, -0.25) is 9.13 Å². The fourth-order valence-electron chi connectivity index (χ4n) is 2.92. The van der Waals surface area contributed by atoms with Gasteiger partial charge in [-0.2, -0.15) is 9.97 Å². The smallest absolute Gasteiger partial charge is 0.340 e. The number of fused-ring (bicyclic) bond motifs is 1. The van der Waals surface area contributed by atoms with Crippen molar-refractivity contribution in [3.8, 4) is 0 Å². The van der Waals surface area contributed by atoms with Crippen LogP contribution in [0.4, 0.5) is 17.5 Å². The summed E-state index contributed by atoms with van der Waals surface area (Å²) in [5, 5.41) is 6.80. The Labute approximate surface area is 195 Å². The molecule has 0 aliphatic rings. The summed E-state index contributed by atoms with van der Waals surface area (Å²) in [6.07, 6.45) is 1.96. The molecule has 0 radical (unpaired) electrons. The maximum atomic E-state index is 11.7. The average molecular weight is 519 g/mol. The highest BCUT2D eigenvalue weighted by Crippen LogP contribution is 2.55. The van der Waals surface area contributed by atoms with Crippen LogP contribution in [0.2, 0.25) is 5.02 Å². The summed E-state index contributed by atoms with van der Waals surface area (Å²) < 4.78 is 29.3. The maximum Gasteiger partial charge on any atom is 0.340 e. The zero-order chi connectivity index (χ0) is 24.2. The lowest BCUT2D eigenvalue weighted by Gasteiger charge is -2.14. The second-order valence-corrected chi connectivity index (χ2v) is 11.9. The van der Waals surface area contributed by atoms with Crippen LogP contribution in [-0.2, 0) is 13.7 Å². The number of nitrogens with zero attached hydrogens (tertiary/aromatic N) is 4. The van der Waals surface area contributed by atoms with E-state index >= 15 is 0 Å². The van der Waals surface area contributed by atoms with Crippen LogP contribution in [0.15, 0.2) is 30.6 Å².